The Morgan fingerprint density at radius 3 is 1.97 bits per heavy atom. The van der Waals surface area contributed by atoms with Crippen LogP contribution in [0.1, 0.15) is 25.0 Å². The van der Waals surface area contributed by atoms with Gasteiger partial charge >= 0.3 is 0 Å². The third-order valence-electron chi connectivity index (χ3n) is 12.8. The standard InChI is InChI=1S/C54H34N4O/c1-54(2)41-18-10-16-36-35-14-6-8-19-43(35)58-44-29-26-34(30-40(44)37-27-28-42(54)49(48(36)41)50(37)58)52-55-51(33-24-22-32(23-25-33)31-12-4-3-5-13-31)56-53(57-52)39-17-11-21-46-47(39)38-15-7-9-20-45(38)59-46/h3-30H,1-2H3. The molecule has 2 aliphatic rings. The van der Waals surface area contributed by atoms with Gasteiger partial charge in [-0.25, -0.2) is 15.0 Å². The minimum absolute atomic E-state index is 0.117. The zero-order valence-electron chi connectivity index (χ0n) is 32.4. The summed E-state index contributed by atoms with van der Waals surface area (Å²) in [6.07, 6.45) is 0. The van der Waals surface area contributed by atoms with E-state index in [0.29, 0.717) is 17.5 Å². The largest absolute Gasteiger partial charge is 0.456 e. The maximum Gasteiger partial charge on any atom is 0.164 e. The maximum atomic E-state index is 6.32. The molecule has 0 spiro atoms. The lowest BCUT2D eigenvalue weighted by Crippen LogP contribution is -2.15. The lowest BCUT2D eigenvalue weighted by Gasteiger charge is -2.22. The van der Waals surface area contributed by atoms with Crippen LogP contribution in [0.25, 0.3) is 117 Å². The quantitative estimate of drug-likeness (QED) is 0.180. The molecule has 276 valence electrons. The molecule has 0 unspecified atom stereocenters. The molecule has 4 heterocycles. The second-order valence-corrected chi connectivity index (χ2v) is 16.3. The summed E-state index contributed by atoms with van der Waals surface area (Å²) in [7, 11) is 0. The van der Waals surface area contributed by atoms with Crippen molar-refractivity contribution < 1.29 is 4.42 Å². The number of aromatic nitrogens is 4. The smallest absolute Gasteiger partial charge is 0.164 e. The molecule has 0 atom stereocenters. The van der Waals surface area contributed by atoms with Crippen LogP contribution in [0, 0.1) is 0 Å². The molecule has 0 fully saturated rings. The van der Waals surface area contributed by atoms with Crippen molar-refractivity contribution in [3.05, 3.63) is 181 Å². The highest BCUT2D eigenvalue weighted by Gasteiger charge is 2.40. The van der Waals surface area contributed by atoms with Crippen molar-refractivity contribution in [2.75, 3.05) is 0 Å². The number of para-hydroxylation sites is 2. The summed E-state index contributed by atoms with van der Waals surface area (Å²) in [6.45, 7) is 4.73. The van der Waals surface area contributed by atoms with E-state index in [1.54, 1.807) is 0 Å². The van der Waals surface area contributed by atoms with Gasteiger partial charge in [-0.05, 0) is 69.8 Å². The van der Waals surface area contributed by atoms with Crippen LogP contribution in [0.15, 0.2) is 174 Å². The van der Waals surface area contributed by atoms with E-state index in [2.05, 4.69) is 152 Å². The number of benzene rings is 8. The van der Waals surface area contributed by atoms with E-state index in [1.807, 2.05) is 36.4 Å². The average Bonchev–Trinajstić information content (AvgIpc) is 3.88. The number of nitrogens with zero attached hydrogens (tertiary/aromatic N) is 4. The van der Waals surface area contributed by atoms with Gasteiger partial charge in [0.2, 0.25) is 0 Å². The van der Waals surface area contributed by atoms with Crippen LogP contribution < -0.4 is 0 Å². The molecule has 11 aromatic rings. The second-order valence-electron chi connectivity index (χ2n) is 16.3. The Morgan fingerprint density at radius 2 is 1.08 bits per heavy atom. The summed E-state index contributed by atoms with van der Waals surface area (Å²) in [5.41, 5.74) is 18.2. The maximum absolute atomic E-state index is 6.32. The van der Waals surface area contributed by atoms with Crippen LogP contribution in [0.5, 0.6) is 0 Å². The molecule has 3 aromatic heterocycles. The Bertz CT molecular complexity index is 3570. The van der Waals surface area contributed by atoms with E-state index < -0.39 is 0 Å². The van der Waals surface area contributed by atoms with Crippen molar-refractivity contribution in [1.82, 2.24) is 19.5 Å². The summed E-state index contributed by atoms with van der Waals surface area (Å²) in [4.78, 5) is 15.7. The van der Waals surface area contributed by atoms with Gasteiger partial charge in [-0.3, -0.25) is 0 Å². The number of furan rings is 1. The monoisotopic (exact) mass is 754 g/mol. The predicted octanol–water partition coefficient (Wildman–Crippen LogP) is 13.8. The molecule has 5 heteroatoms. The molecule has 0 radical (unpaired) electrons. The van der Waals surface area contributed by atoms with E-state index in [4.69, 9.17) is 19.4 Å². The first kappa shape index (κ1) is 32.5. The van der Waals surface area contributed by atoms with Gasteiger partial charge in [-0.15, -0.1) is 0 Å². The third kappa shape index (κ3) is 4.47. The fraction of sp³-hybridized carbons (Fsp3) is 0.0556. The van der Waals surface area contributed by atoms with Gasteiger partial charge in [0.1, 0.15) is 11.2 Å². The van der Waals surface area contributed by atoms with Gasteiger partial charge in [-0.2, -0.15) is 0 Å². The van der Waals surface area contributed by atoms with E-state index >= 15 is 0 Å². The normalized spacial score (nSPS) is 13.4. The zero-order chi connectivity index (χ0) is 39.0. The van der Waals surface area contributed by atoms with Crippen molar-refractivity contribution >= 4 is 43.7 Å². The molecule has 1 aliphatic carbocycles. The van der Waals surface area contributed by atoms with Gasteiger partial charge in [0.05, 0.1) is 16.7 Å². The number of rotatable bonds is 4. The van der Waals surface area contributed by atoms with Gasteiger partial charge in [0.15, 0.2) is 17.5 Å². The van der Waals surface area contributed by atoms with Crippen LogP contribution in [0.4, 0.5) is 0 Å². The Labute approximate surface area is 339 Å². The first-order valence-electron chi connectivity index (χ1n) is 20.2. The molecular weight excluding hydrogens is 721 g/mol. The van der Waals surface area contributed by atoms with Crippen molar-refractivity contribution in [3.8, 4) is 73.2 Å². The van der Waals surface area contributed by atoms with Gasteiger partial charge in [-0.1, -0.05) is 147 Å². The SMILES string of the molecule is CC1(C)c2cccc3c2-c2c1ccc1c4cc(-c5nc(-c6ccc(-c7ccccc7)cc6)nc(-c6cccc7oc8ccccc8c67)n5)ccc4n(c21)-c1ccccc1-3. The molecule has 5 nitrogen and oxygen atoms in total. The minimum atomic E-state index is -0.117. The summed E-state index contributed by atoms with van der Waals surface area (Å²) in [5.74, 6) is 1.83. The van der Waals surface area contributed by atoms with Crippen LogP contribution in [0.3, 0.4) is 0 Å². The average molecular weight is 755 g/mol. The Balaban J connectivity index is 1.06. The number of hydrogen-bond acceptors (Lipinski definition) is 4. The zero-order valence-corrected chi connectivity index (χ0v) is 32.4. The van der Waals surface area contributed by atoms with Crippen LogP contribution in [-0.4, -0.2) is 19.5 Å². The molecule has 8 aromatic carbocycles. The van der Waals surface area contributed by atoms with E-state index in [-0.39, 0.29) is 5.41 Å². The fourth-order valence-electron chi connectivity index (χ4n) is 10.0. The molecule has 1 aliphatic heterocycles. The topological polar surface area (TPSA) is 56.7 Å². The highest BCUT2D eigenvalue weighted by atomic mass is 16.3. The van der Waals surface area contributed by atoms with Crippen LogP contribution in [-0.2, 0) is 5.41 Å². The summed E-state index contributed by atoms with van der Waals surface area (Å²) < 4.78 is 8.82. The van der Waals surface area contributed by atoms with E-state index in [1.165, 1.54) is 60.9 Å². The summed E-state index contributed by atoms with van der Waals surface area (Å²) >= 11 is 0. The Hall–Kier alpha value is -7.63. The molecule has 59 heavy (non-hydrogen) atoms. The molecule has 0 amide bonds. The highest BCUT2D eigenvalue weighted by molar-refractivity contribution is 6.19. The Morgan fingerprint density at radius 1 is 0.441 bits per heavy atom. The molecule has 13 rings (SSSR count). The van der Waals surface area contributed by atoms with Gasteiger partial charge in [0.25, 0.3) is 0 Å². The third-order valence-corrected chi connectivity index (χ3v) is 12.8. The first-order valence-corrected chi connectivity index (χ1v) is 20.2. The lowest BCUT2D eigenvalue weighted by atomic mass is 9.81. The minimum Gasteiger partial charge on any atom is -0.456 e. The first-order chi connectivity index (χ1) is 29.0. The molecule has 0 saturated heterocycles. The van der Waals surface area contributed by atoms with Crippen molar-refractivity contribution in [2.24, 2.45) is 0 Å². The number of hydrogen-bond donors (Lipinski definition) is 0. The Kier molecular flexibility index (Phi) is 6.44. The van der Waals surface area contributed by atoms with Crippen molar-refractivity contribution in [3.63, 3.8) is 0 Å². The van der Waals surface area contributed by atoms with Gasteiger partial charge < -0.3 is 8.98 Å². The fourth-order valence-corrected chi connectivity index (χ4v) is 10.0. The summed E-state index contributed by atoms with van der Waals surface area (Å²) in [6, 6.07) is 60.4. The molecular formula is C54H34N4O. The lowest BCUT2D eigenvalue weighted by molar-refractivity contribution is 0.661. The van der Waals surface area contributed by atoms with E-state index in [0.717, 1.165) is 49.7 Å². The van der Waals surface area contributed by atoms with Crippen molar-refractivity contribution in [1.29, 1.82) is 0 Å². The van der Waals surface area contributed by atoms with E-state index in [9.17, 15) is 0 Å². The molecule has 0 bridgehead atoms. The highest BCUT2D eigenvalue weighted by Crippen LogP contribution is 2.58. The summed E-state index contributed by atoms with van der Waals surface area (Å²) in [5, 5.41) is 4.41. The van der Waals surface area contributed by atoms with Crippen LogP contribution in [0.2, 0.25) is 0 Å². The van der Waals surface area contributed by atoms with Crippen molar-refractivity contribution in [2.45, 2.75) is 19.3 Å². The molecule has 0 saturated carbocycles. The second kappa shape index (κ2) is 11.7. The van der Waals surface area contributed by atoms with Gasteiger partial charge in [0, 0.05) is 54.8 Å². The molecule has 0 N–H and O–H groups in total. The predicted molar refractivity (Wildman–Crippen MR) is 240 cm³/mol. The number of fused-ring (bicyclic) bond motifs is 9. The van der Waals surface area contributed by atoms with Crippen LogP contribution >= 0.6 is 0 Å².